The fourth-order valence-corrected chi connectivity index (χ4v) is 3.10. The lowest BCUT2D eigenvalue weighted by molar-refractivity contribution is 0.161. The number of hydrogen-bond donors (Lipinski definition) is 1. The number of rotatable bonds is 3. The minimum Gasteiger partial charge on any atom is -0.393 e. The Labute approximate surface area is 89.8 Å². The van der Waals surface area contributed by atoms with Crippen molar-refractivity contribution < 1.29 is 5.11 Å². The Hall–Kier alpha value is -0.340. The first kappa shape index (κ1) is 10.2. The minimum absolute atomic E-state index is 0.0394. The lowest BCUT2D eigenvalue weighted by atomic mass is 9.83. The minimum atomic E-state index is -0.0394. The van der Waals surface area contributed by atoms with E-state index in [9.17, 15) is 5.11 Å². The Morgan fingerprint density at radius 2 is 2.50 bits per heavy atom. The fourth-order valence-electron chi connectivity index (χ4n) is 2.40. The van der Waals surface area contributed by atoms with E-state index in [1.54, 1.807) is 11.3 Å². The molecule has 1 saturated carbocycles. The van der Waals surface area contributed by atoms with Crippen molar-refractivity contribution in [1.82, 2.24) is 0 Å². The summed E-state index contributed by atoms with van der Waals surface area (Å²) in [7, 11) is 0. The molecule has 0 amide bonds. The molecule has 1 aromatic rings. The van der Waals surface area contributed by atoms with Crippen molar-refractivity contribution in [2.45, 2.75) is 45.1 Å². The predicted molar refractivity (Wildman–Crippen MR) is 60.6 cm³/mol. The van der Waals surface area contributed by atoms with Crippen molar-refractivity contribution in [3.8, 4) is 0 Å². The fraction of sp³-hybridized carbons (Fsp3) is 0.667. The average Bonchev–Trinajstić information content (AvgIpc) is 2.73. The van der Waals surface area contributed by atoms with E-state index in [1.165, 1.54) is 24.8 Å². The topological polar surface area (TPSA) is 20.2 Å². The summed E-state index contributed by atoms with van der Waals surface area (Å²) in [5.41, 5.74) is 1.85. The standard InChI is InChI=1S/C12H18OS/c1-12(6-3-11(13)8-12)5-2-10-4-7-14-9-10/h4,7,9,11,13H,2-3,5-6,8H2,1H3. The van der Waals surface area contributed by atoms with Crippen molar-refractivity contribution in [2.24, 2.45) is 5.41 Å². The molecule has 1 nitrogen and oxygen atoms in total. The van der Waals surface area contributed by atoms with Gasteiger partial charge in [-0.2, -0.15) is 11.3 Å². The van der Waals surface area contributed by atoms with Crippen molar-refractivity contribution in [2.75, 3.05) is 0 Å². The van der Waals surface area contributed by atoms with Crippen LogP contribution in [0.4, 0.5) is 0 Å². The highest BCUT2D eigenvalue weighted by atomic mass is 32.1. The maximum atomic E-state index is 9.52. The van der Waals surface area contributed by atoms with Crippen LogP contribution >= 0.6 is 11.3 Å². The van der Waals surface area contributed by atoms with Crippen LogP contribution < -0.4 is 0 Å². The second-order valence-corrected chi connectivity index (χ2v) is 5.62. The van der Waals surface area contributed by atoms with Gasteiger partial charge in [-0.1, -0.05) is 6.92 Å². The third-order valence-electron chi connectivity index (χ3n) is 3.41. The van der Waals surface area contributed by atoms with Crippen molar-refractivity contribution in [3.63, 3.8) is 0 Å². The summed E-state index contributed by atoms with van der Waals surface area (Å²) < 4.78 is 0. The van der Waals surface area contributed by atoms with Crippen LogP contribution in [0.25, 0.3) is 0 Å². The number of aliphatic hydroxyl groups excluding tert-OH is 1. The summed E-state index contributed by atoms with van der Waals surface area (Å²) >= 11 is 1.77. The predicted octanol–water partition coefficient (Wildman–Crippen LogP) is 3.23. The normalized spacial score (nSPS) is 32.3. The molecule has 2 rings (SSSR count). The summed E-state index contributed by atoms with van der Waals surface area (Å²) in [6, 6.07) is 2.21. The Bertz CT molecular complexity index is 281. The first-order valence-corrected chi connectivity index (χ1v) is 6.31. The van der Waals surface area contributed by atoms with E-state index >= 15 is 0 Å². The first-order valence-electron chi connectivity index (χ1n) is 5.37. The quantitative estimate of drug-likeness (QED) is 0.812. The largest absolute Gasteiger partial charge is 0.393 e. The van der Waals surface area contributed by atoms with Crippen molar-refractivity contribution in [1.29, 1.82) is 0 Å². The van der Waals surface area contributed by atoms with Gasteiger partial charge >= 0.3 is 0 Å². The molecule has 0 aromatic carbocycles. The van der Waals surface area contributed by atoms with Gasteiger partial charge in [-0.15, -0.1) is 0 Å². The summed E-state index contributed by atoms with van der Waals surface area (Å²) in [6.07, 6.45) is 5.55. The molecule has 2 atom stereocenters. The molecular formula is C12H18OS. The van der Waals surface area contributed by atoms with Gasteiger partial charge in [0.2, 0.25) is 0 Å². The molecule has 0 bridgehead atoms. The summed E-state index contributed by atoms with van der Waals surface area (Å²) in [4.78, 5) is 0. The second-order valence-electron chi connectivity index (χ2n) is 4.84. The highest BCUT2D eigenvalue weighted by molar-refractivity contribution is 7.07. The van der Waals surface area contributed by atoms with Gasteiger partial charge in [-0.3, -0.25) is 0 Å². The maximum absolute atomic E-state index is 9.52. The van der Waals surface area contributed by atoms with E-state index in [4.69, 9.17) is 0 Å². The molecule has 0 saturated heterocycles. The van der Waals surface area contributed by atoms with E-state index in [0.717, 1.165) is 12.8 Å². The zero-order chi connectivity index (χ0) is 10.0. The smallest absolute Gasteiger partial charge is 0.0545 e. The van der Waals surface area contributed by atoms with E-state index in [-0.39, 0.29) is 6.10 Å². The molecule has 2 unspecified atom stereocenters. The van der Waals surface area contributed by atoms with Gasteiger partial charge in [-0.25, -0.2) is 0 Å². The molecule has 1 aromatic heterocycles. The van der Waals surface area contributed by atoms with Crippen LogP contribution in [0.3, 0.4) is 0 Å². The molecule has 1 fully saturated rings. The van der Waals surface area contributed by atoms with Gasteiger partial charge in [-0.05, 0) is 59.9 Å². The summed E-state index contributed by atoms with van der Waals surface area (Å²) in [6.45, 7) is 2.32. The zero-order valence-electron chi connectivity index (χ0n) is 8.70. The highest BCUT2D eigenvalue weighted by Gasteiger charge is 2.33. The van der Waals surface area contributed by atoms with E-state index in [0.29, 0.717) is 5.41 Å². The third kappa shape index (κ3) is 2.37. The highest BCUT2D eigenvalue weighted by Crippen LogP contribution is 2.41. The molecule has 2 heteroatoms. The van der Waals surface area contributed by atoms with Crippen molar-refractivity contribution >= 4 is 11.3 Å². The number of thiophene rings is 1. The number of aryl methyl sites for hydroxylation is 1. The molecule has 1 aliphatic rings. The lowest BCUT2D eigenvalue weighted by Crippen LogP contribution is -2.14. The van der Waals surface area contributed by atoms with Gasteiger partial charge in [0, 0.05) is 0 Å². The number of aliphatic hydroxyl groups is 1. The number of hydrogen-bond acceptors (Lipinski definition) is 2. The molecule has 78 valence electrons. The Morgan fingerprint density at radius 3 is 3.07 bits per heavy atom. The van der Waals surface area contributed by atoms with E-state index < -0.39 is 0 Å². The van der Waals surface area contributed by atoms with Crippen LogP contribution in [0.1, 0.15) is 38.2 Å². The van der Waals surface area contributed by atoms with E-state index in [1.807, 2.05) is 0 Å². The molecule has 0 aliphatic heterocycles. The second kappa shape index (κ2) is 4.03. The third-order valence-corrected chi connectivity index (χ3v) is 4.14. The van der Waals surface area contributed by atoms with Gasteiger partial charge in [0.05, 0.1) is 6.10 Å². The van der Waals surface area contributed by atoms with Gasteiger partial charge in [0.1, 0.15) is 0 Å². The Kier molecular flexibility index (Phi) is 2.93. The molecule has 0 spiro atoms. The molecule has 14 heavy (non-hydrogen) atoms. The maximum Gasteiger partial charge on any atom is 0.0545 e. The molecule has 1 N–H and O–H groups in total. The average molecular weight is 210 g/mol. The SMILES string of the molecule is CC1(CCc2ccsc2)CCC(O)C1. The molecule has 0 radical (unpaired) electrons. The lowest BCUT2D eigenvalue weighted by Gasteiger charge is -2.23. The van der Waals surface area contributed by atoms with Crippen LogP contribution in [-0.4, -0.2) is 11.2 Å². The van der Waals surface area contributed by atoms with Crippen LogP contribution in [-0.2, 0) is 6.42 Å². The monoisotopic (exact) mass is 210 g/mol. The molecular weight excluding hydrogens is 192 g/mol. The van der Waals surface area contributed by atoms with Gasteiger partial charge in [0.15, 0.2) is 0 Å². The Morgan fingerprint density at radius 1 is 1.64 bits per heavy atom. The van der Waals surface area contributed by atoms with Gasteiger partial charge < -0.3 is 5.11 Å². The first-order chi connectivity index (χ1) is 6.68. The summed E-state index contributed by atoms with van der Waals surface area (Å²) in [5, 5.41) is 13.9. The van der Waals surface area contributed by atoms with Crippen LogP contribution in [0, 0.1) is 5.41 Å². The molecule has 1 aliphatic carbocycles. The summed E-state index contributed by atoms with van der Waals surface area (Å²) in [5.74, 6) is 0. The van der Waals surface area contributed by atoms with Crippen LogP contribution in [0.2, 0.25) is 0 Å². The van der Waals surface area contributed by atoms with Crippen LogP contribution in [0.15, 0.2) is 16.8 Å². The zero-order valence-corrected chi connectivity index (χ0v) is 9.52. The Balaban J connectivity index is 1.86. The van der Waals surface area contributed by atoms with E-state index in [2.05, 4.69) is 23.8 Å². The van der Waals surface area contributed by atoms with Gasteiger partial charge in [0.25, 0.3) is 0 Å². The molecule has 1 heterocycles. The van der Waals surface area contributed by atoms with Crippen molar-refractivity contribution in [3.05, 3.63) is 22.4 Å². The van der Waals surface area contributed by atoms with Crippen LogP contribution in [0.5, 0.6) is 0 Å².